The van der Waals surface area contributed by atoms with Crippen molar-refractivity contribution in [2.75, 3.05) is 39.3 Å². The highest BCUT2D eigenvalue weighted by atomic mass is 16.2. The lowest BCUT2D eigenvalue weighted by Gasteiger charge is -2.41. The summed E-state index contributed by atoms with van der Waals surface area (Å²) in [6.07, 6.45) is 0. The van der Waals surface area contributed by atoms with E-state index in [1.54, 1.807) is 0 Å². The number of benzene rings is 2. The zero-order valence-electron chi connectivity index (χ0n) is 16.8. The third kappa shape index (κ3) is 4.18. The van der Waals surface area contributed by atoms with Crippen molar-refractivity contribution in [3.05, 3.63) is 71.8 Å². The molecule has 2 fully saturated rings. The minimum absolute atomic E-state index is 0.101. The third-order valence-corrected chi connectivity index (χ3v) is 5.97. The van der Waals surface area contributed by atoms with E-state index in [0.717, 1.165) is 26.2 Å². The van der Waals surface area contributed by atoms with Crippen LogP contribution in [-0.4, -0.2) is 71.9 Å². The number of hydrogen-bond donors (Lipinski definition) is 1. The first-order chi connectivity index (χ1) is 14.1. The van der Waals surface area contributed by atoms with Gasteiger partial charge in [-0.15, -0.1) is 0 Å². The second-order valence-electron chi connectivity index (χ2n) is 7.69. The molecular formula is C23H28N4O2. The normalized spacial score (nSPS) is 19.4. The average Bonchev–Trinajstić information content (AvgIpc) is 3.21. The molecule has 0 aliphatic carbocycles. The van der Waals surface area contributed by atoms with Crippen molar-refractivity contribution < 1.29 is 9.59 Å². The third-order valence-electron chi connectivity index (χ3n) is 5.97. The second kappa shape index (κ2) is 8.76. The molecule has 2 heterocycles. The molecule has 152 valence electrons. The summed E-state index contributed by atoms with van der Waals surface area (Å²) in [4.78, 5) is 30.6. The lowest BCUT2D eigenvalue weighted by atomic mass is 9.96. The largest absolute Gasteiger partial charge is 0.336 e. The van der Waals surface area contributed by atoms with Gasteiger partial charge in [0.25, 0.3) is 0 Å². The molecule has 3 amide bonds. The summed E-state index contributed by atoms with van der Waals surface area (Å²) in [7, 11) is 0. The average molecular weight is 393 g/mol. The molecule has 0 radical (unpaired) electrons. The van der Waals surface area contributed by atoms with E-state index in [4.69, 9.17) is 0 Å². The first kappa shape index (κ1) is 19.6. The molecule has 0 spiro atoms. The van der Waals surface area contributed by atoms with E-state index in [-0.39, 0.29) is 24.0 Å². The molecule has 29 heavy (non-hydrogen) atoms. The van der Waals surface area contributed by atoms with Gasteiger partial charge in [0.15, 0.2) is 0 Å². The highest BCUT2D eigenvalue weighted by molar-refractivity contribution is 5.98. The van der Waals surface area contributed by atoms with E-state index >= 15 is 0 Å². The van der Waals surface area contributed by atoms with Gasteiger partial charge in [0, 0.05) is 39.3 Å². The first-order valence-electron chi connectivity index (χ1n) is 10.3. The maximum absolute atomic E-state index is 12.7. The molecule has 1 N–H and O–H groups in total. The van der Waals surface area contributed by atoms with Gasteiger partial charge in [-0.25, -0.2) is 4.79 Å². The molecule has 2 aromatic rings. The molecule has 0 saturated carbocycles. The number of piperazine rings is 1. The van der Waals surface area contributed by atoms with Crippen LogP contribution in [-0.2, 0) is 4.79 Å². The van der Waals surface area contributed by atoms with Crippen LogP contribution in [0.3, 0.4) is 0 Å². The SMILES string of the molecule is C[C@@H](C(=O)N1CCNC1=O)N1CCN(C(c2ccccc2)c2ccccc2)CC1. The summed E-state index contributed by atoms with van der Waals surface area (Å²) in [6, 6.07) is 20.8. The summed E-state index contributed by atoms with van der Waals surface area (Å²) in [5.41, 5.74) is 2.56. The van der Waals surface area contributed by atoms with Crippen molar-refractivity contribution >= 4 is 11.9 Å². The van der Waals surface area contributed by atoms with Crippen molar-refractivity contribution in [3.8, 4) is 0 Å². The number of carbonyl (C=O) groups is 2. The molecule has 2 aromatic carbocycles. The van der Waals surface area contributed by atoms with Gasteiger partial charge < -0.3 is 5.32 Å². The first-order valence-corrected chi connectivity index (χ1v) is 10.3. The maximum atomic E-state index is 12.7. The van der Waals surface area contributed by atoms with Crippen LogP contribution in [0.15, 0.2) is 60.7 Å². The highest BCUT2D eigenvalue weighted by Gasteiger charge is 2.35. The fourth-order valence-corrected chi connectivity index (χ4v) is 4.33. The zero-order valence-corrected chi connectivity index (χ0v) is 16.8. The van der Waals surface area contributed by atoms with Gasteiger partial charge >= 0.3 is 6.03 Å². The fourth-order valence-electron chi connectivity index (χ4n) is 4.33. The molecule has 6 heteroatoms. The van der Waals surface area contributed by atoms with E-state index in [2.05, 4.69) is 63.6 Å². The van der Waals surface area contributed by atoms with Gasteiger partial charge in [-0.05, 0) is 18.1 Å². The van der Waals surface area contributed by atoms with E-state index in [0.29, 0.717) is 13.1 Å². The molecule has 0 bridgehead atoms. The quantitative estimate of drug-likeness (QED) is 0.849. The molecule has 2 aliphatic heterocycles. The van der Waals surface area contributed by atoms with Gasteiger partial charge in [-0.3, -0.25) is 19.5 Å². The lowest BCUT2D eigenvalue weighted by Crippen LogP contribution is -2.55. The molecule has 0 unspecified atom stereocenters. The van der Waals surface area contributed by atoms with Gasteiger partial charge in [0.05, 0.1) is 12.1 Å². The fraction of sp³-hybridized carbons (Fsp3) is 0.391. The van der Waals surface area contributed by atoms with Crippen LogP contribution in [0.4, 0.5) is 4.79 Å². The molecule has 6 nitrogen and oxygen atoms in total. The predicted molar refractivity (Wildman–Crippen MR) is 112 cm³/mol. The van der Waals surface area contributed by atoms with Crippen molar-refractivity contribution in [3.63, 3.8) is 0 Å². The number of imide groups is 1. The van der Waals surface area contributed by atoms with Gasteiger partial charge in [-0.1, -0.05) is 60.7 Å². The minimum atomic E-state index is -0.284. The van der Waals surface area contributed by atoms with E-state index in [1.807, 2.05) is 19.1 Å². The van der Waals surface area contributed by atoms with Crippen molar-refractivity contribution in [2.45, 2.75) is 19.0 Å². The van der Waals surface area contributed by atoms with Crippen LogP contribution in [0.5, 0.6) is 0 Å². The van der Waals surface area contributed by atoms with Crippen LogP contribution in [0, 0.1) is 0 Å². The summed E-state index contributed by atoms with van der Waals surface area (Å²) in [5.74, 6) is -0.101. The Labute approximate surface area is 172 Å². The number of nitrogens with zero attached hydrogens (tertiary/aromatic N) is 3. The Kier molecular flexibility index (Phi) is 5.92. The standard InChI is InChI=1S/C23H28N4O2/c1-18(22(28)27-13-12-24-23(27)29)25-14-16-26(17-15-25)21(19-8-4-2-5-9-19)20-10-6-3-7-11-20/h2-11,18,21H,12-17H2,1H3,(H,24,29)/t18-/m0/s1. The number of carbonyl (C=O) groups excluding carboxylic acids is 2. The van der Waals surface area contributed by atoms with Crippen LogP contribution in [0.25, 0.3) is 0 Å². The Morgan fingerprint density at radius 2 is 1.34 bits per heavy atom. The van der Waals surface area contributed by atoms with Gasteiger partial charge in [0.1, 0.15) is 0 Å². The minimum Gasteiger partial charge on any atom is -0.336 e. The van der Waals surface area contributed by atoms with E-state index < -0.39 is 0 Å². The van der Waals surface area contributed by atoms with Crippen LogP contribution in [0.1, 0.15) is 24.1 Å². The number of amides is 3. The smallest absolute Gasteiger partial charge is 0.324 e. The number of nitrogens with one attached hydrogen (secondary N) is 1. The Hall–Kier alpha value is -2.70. The molecule has 2 aliphatic rings. The van der Waals surface area contributed by atoms with Crippen molar-refractivity contribution in [1.82, 2.24) is 20.0 Å². The Balaban J connectivity index is 1.45. The number of rotatable bonds is 5. The van der Waals surface area contributed by atoms with Crippen LogP contribution < -0.4 is 5.32 Å². The van der Waals surface area contributed by atoms with Crippen LogP contribution >= 0.6 is 0 Å². The summed E-state index contributed by atoms with van der Waals surface area (Å²) in [6.45, 7) is 6.27. The summed E-state index contributed by atoms with van der Waals surface area (Å²) in [5, 5.41) is 2.71. The predicted octanol–water partition coefficient (Wildman–Crippen LogP) is 2.33. The van der Waals surface area contributed by atoms with Crippen LogP contribution in [0.2, 0.25) is 0 Å². The maximum Gasteiger partial charge on any atom is 0.324 e. The monoisotopic (exact) mass is 392 g/mol. The number of hydrogen-bond acceptors (Lipinski definition) is 4. The Morgan fingerprint density at radius 3 is 1.83 bits per heavy atom. The van der Waals surface area contributed by atoms with Gasteiger partial charge in [-0.2, -0.15) is 0 Å². The molecule has 4 rings (SSSR count). The summed E-state index contributed by atoms with van der Waals surface area (Å²) >= 11 is 0. The Morgan fingerprint density at radius 1 is 0.828 bits per heavy atom. The van der Waals surface area contributed by atoms with Crippen molar-refractivity contribution in [1.29, 1.82) is 0 Å². The van der Waals surface area contributed by atoms with E-state index in [1.165, 1.54) is 16.0 Å². The molecule has 1 atom stereocenters. The van der Waals surface area contributed by atoms with Crippen molar-refractivity contribution in [2.24, 2.45) is 0 Å². The lowest BCUT2D eigenvalue weighted by molar-refractivity contribution is -0.133. The zero-order chi connectivity index (χ0) is 20.2. The molecular weight excluding hydrogens is 364 g/mol. The van der Waals surface area contributed by atoms with Gasteiger partial charge in [0.2, 0.25) is 5.91 Å². The molecule has 0 aromatic heterocycles. The van der Waals surface area contributed by atoms with E-state index in [9.17, 15) is 9.59 Å². The summed E-state index contributed by atoms with van der Waals surface area (Å²) < 4.78 is 0. The topological polar surface area (TPSA) is 55.9 Å². The Bertz CT molecular complexity index is 795. The molecule has 2 saturated heterocycles. The number of urea groups is 1. The second-order valence-corrected chi connectivity index (χ2v) is 7.69. The highest BCUT2D eigenvalue weighted by Crippen LogP contribution is 2.29.